The summed E-state index contributed by atoms with van der Waals surface area (Å²) in [6.07, 6.45) is 3.44. The number of nitrogens with zero attached hydrogens (tertiary/aromatic N) is 4. The van der Waals surface area contributed by atoms with Crippen molar-refractivity contribution in [2.75, 3.05) is 13.7 Å². The third kappa shape index (κ3) is 4.30. The topological polar surface area (TPSA) is 89.8 Å². The van der Waals surface area contributed by atoms with Gasteiger partial charge in [0.2, 0.25) is 0 Å². The molecule has 110 valence electrons. The van der Waals surface area contributed by atoms with Crippen LogP contribution in [0.25, 0.3) is 5.65 Å². The molecule has 2 heterocycles. The molecule has 3 N–H and O–H groups in total. The van der Waals surface area contributed by atoms with Gasteiger partial charge in [-0.2, -0.15) is 5.10 Å². The maximum atomic E-state index is 5.81. The van der Waals surface area contributed by atoms with Gasteiger partial charge >= 0.3 is 0 Å². The number of guanidine groups is 1. The minimum absolute atomic E-state index is 0. The molecule has 2 aromatic rings. The number of rotatable bonds is 5. The van der Waals surface area contributed by atoms with Gasteiger partial charge in [-0.3, -0.25) is 0 Å². The van der Waals surface area contributed by atoms with Crippen molar-refractivity contribution in [2.45, 2.75) is 19.5 Å². The van der Waals surface area contributed by atoms with Crippen LogP contribution in [0.5, 0.6) is 0 Å². The van der Waals surface area contributed by atoms with E-state index >= 15 is 0 Å². The largest absolute Gasteiger partial charge is 0.383 e. The molecule has 0 spiro atoms. The third-order valence-corrected chi connectivity index (χ3v) is 2.59. The van der Waals surface area contributed by atoms with Crippen molar-refractivity contribution < 1.29 is 4.74 Å². The summed E-state index contributed by atoms with van der Waals surface area (Å²) in [5, 5.41) is 7.24. The number of nitrogens with one attached hydrogen (secondary N) is 1. The third-order valence-electron chi connectivity index (χ3n) is 2.59. The summed E-state index contributed by atoms with van der Waals surface area (Å²) in [4.78, 5) is 8.48. The summed E-state index contributed by atoms with van der Waals surface area (Å²) in [7, 11) is 1.65. The van der Waals surface area contributed by atoms with Crippen LogP contribution in [0.15, 0.2) is 29.5 Å². The molecule has 20 heavy (non-hydrogen) atoms. The summed E-state index contributed by atoms with van der Waals surface area (Å²) < 4.78 is 6.76. The number of aliphatic imine (C=N–C) groups is 1. The summed E-state index contributed by atoms with van der Waals surface area (Å²) in [6, 6.07) is 3.83. The second kappa shape index (κ2) is 8.00. The van der Waals surface area contributed by atoms with Gasteiger partial charge in [0.1, 0.15) is 0 Å². The molecule has 7 nitrogen and oxygen atoms in total. The van der Waals surface area contributed by atoms with E-state index in [1.54, 1.807) is 24.0 Å². The first-order valence-corrected chi connectivity index (χ1v) is 6.03. The van der Waals surface area contributed by atoms with Crippen LogP contribution in [0.4, 0.5) is 0 Å². The molecule has 8 heteroatoms. The van der Waals surface area contributed by atoms with Crippen LogP contribution in [0.1, 0.15) is 12.6 Å². The van der Waals surface area contributed by atoms with Gasteiger partial charge in [-0.1, -0.05) is 0 Å². The molecule has 2 aromatic heterocycles. The minimum Gasteiger partial charge on any atom is -0.383 e. The normalized spacial score (nSPS) is 13.0. The zero-order valence-corrected chi connectivity index (χ0v) is 13.8. The van der Waals surface area contributed by atoms with Gasteiger partial charge in [-0.15, -0.1) is 24.0 Å². The number of nitrogens with two attached hydrogens (primary N) is 1. The zero-order valence-electron chi connectivity index (χ0n) is 11.5. The van der Waals surface area contributed by atoms with E-state index in [1.807, 2.05) is 19.1 Å². The standard InChI is InChI=1S/C12H18N6O.HI/c1-9(8-19-2)17-12(13)15-7-10-3-5-14-11-4-6-16-18(10)11;/h3-6,9H,7-8H2,1-2H3,(H3,13,15,17);1H. The summed E-state index contributed by atoms with van der Waals surface area (Å²) in [5.74, 6) is 0.390. The highest BCUT2D eigenvalue weighted by atomic mass is 127. The summed E-state index contributed by atoms with van der Waals surface area (Å²) >= 11 is 0. The van der Waals surface area contributed by atoms with Crippen molar-refractivity contribution in [3.63, 3.8) is 0 Å². The Hall–Kier alpha value is -1.42. The maximum Gasteiger partial charge on any atom is 0.189 e. The van der Waals surface area contributed by atoms with Crippen LogP contribution in [-0.4, -0.2) is 40.3 Å². The van der Waals surface area contributed by atoms with Crippen molar-refractivity contribution >= 4 is 35.6 Å². The molecular weight excluding hydrogens is 371 g/mol. The van der Waals surface area contributed by atoms with Gasteiger partial charge < -0.3 is 15.8 Å². The van der Waals surface area contributed by atoms with E-state index in [1.165, 1.54) is 0 Å². The monoisotopic (exact) mass is 390 g/mol. The lowest BCUT2D eigenvalue weighted by atomic mass is 10.4. The van der Waals surface area contributed by atoms with E-state index in [0.717, 1.165) is 11.3 Å². The highest BCUT2D eigenvalue weighted by molar-refractivity contribution is 14.0. The fourth-order valence-electron chi connectivity index (χ4n) is 1.76. The Balaban J connectivity index is 0.00000200. The molecule has 0 saturated carbocycles. The van der Waals surface area contributed by atoms with Gasteiger partial charge in [0.15, 0.2) is 11.6 Å². The van der Waals surface area contributed by atoms with Crippen LogP contribution in [0, 0.1) is 0 Å². The first kappa shape index (κ1) is 16.6. The maximum absolute atomic E-state index is 5.81. The molecule has 0 amide bonds. The first-order valence-electron chi connectivity index (χ1n) is 6.03. The van der Waals surface area contributed by atoms with Crippen LogP contribution in [0.2, 0.25) is 0 Å². The molecule has 0 fully saturated rings. The zero-order chi connectivity index (χ0) is 13.7. The van der Waals surface area contributed by atoms with E-state index in [2.05, 4.69) is 20.4 Å². The van der Waals surface area contributed by atoms with E-state index < -0.39 is 0 Å². The van der Waals surface area contributed by atoms with Crippen molar-refractivity contribution in [3.8, 4) is 0 Å². The van der Waals surface area contributed by atoms with Gasteiger partial charge in [0, 0.05) is 25.4 Å². The molecule has 1 unspecified atom stereocenters. The fraction of sp³-hybridized carbons (Fsp3) is 0.417. The van der Waals surface area contributed by atoms with Gasteiger partial charge in [-0.25, -0.2) is 14.5 Å². The van der Waals surface area contributed by atoms with Gasteiger partial charge in [0.25, 0.3) is 0 Å². The molecule has 1 atom stereocenters. The second-order valence-electron chi connectivity index (χ2n) is 4.24. The minimum atomic E-state index is 0. The lowest BCUT2D eigenvalue weighted by molar-refractivity contribution is 0.179. The molecule has 0 radical (unpaired) electrons. The van der Waals surface area contributed by atoms with Crippen molar-refractivity contribution in [3.05, 3.63) is 30.2 Å². The average Bonchev–Trinajstić information content (AvgIpc) is 2.85. The lowest BCUT2D eigenvalue weighted by Crippen LogP contribution is -2.40. The van der Waals surface area contributed by atoms with E-state index in [4.69, 9.17) is 10.5 Å². The number of halogens is 1. The highest BCUT2D eigenvalue weighted by Gasteiger charge is 2.03. The summed E-state index contributed by atoms with van der Waals surface area (Å²) in [5.41, 5.74) is 7.54. The number of ether oxygens (including phenoxy) is 1. The predicted octanol–water partition coefficient (Wildman–Crippen LogP) is 0.787. The number of hydrogen-bond donors (Lipinski definition) is 2. The van der Waals surface area contributed by atoms with Crippen molar-refractivity contribution in [2.24, 2.45) is 10.7 Å². The Labute approximate surface area is 134 Å². The van der Waals surface area contributed by atoms with Gasteiger partial charge in [-0.05, 0) is 13.0 Å². The smallest absolute Gasteiger partial charge is 0.189 e. The van der Waals surface area contributed by atoms with Crippen LogP contribution < -0.4 is 11.1 Å². The highest BCUT2D eigenvalue weighted by Crippen LogP contribution is 2.04. The molecule has 0 saturated heterocycles. The Morgan fingerprint density at radius 2 is 2.30 bits per heavy atom. The first-order chi connectivity index (χ1) is 9.20. The second-order valence-corrected chi connectivity index (χ2v) is 4.24. The van der Waals surface area contributed by atoms with E-state index in [9.17, 15) is 0 Å². The fourth-order valence-corrected chi connectivity index (χ4v) is 1.76. The number of aromatic nitrogens is 3. The van der Waals surface area contributed by atoms with Crippen LogP contribution >= 0.6 is 24.0 Å². The predicted molar refractivity (Wildman–Crippen MR) is 88.2 cm³/mol. The van der Waals surface area contributed by atoms with Crippen molar-refractivity contribution in [1.29, 1.82) is 0 Å². The van der Waals surface area contributed by atoms with E-state index in [0.29, 0.717) is 19.1 Å². The quantitative estimate of drug-likeness (QED) is 0.448. The molecule has 0 aromatic carbocycles. The molecule has 0 bridgehead atoms. The average molecular weight is 390 g/mol. The molecule has 2 rings (SSSR count). The molecule has 0 aliphatic heterocycles. The summed E-state index contributed by atoms with van der Waals surface area (Å²) in [6.45, 7) is 3.00. The number of methoxy groups -OCH3 is 1. The Kier molecular flexibility index (Phi) is 6.65. The van der Waals surface area contributed by atoms with E-state index in [-0.39, 0.29) is 30.0 Å². The molecule has 0 aliphatic rings. The SMILES string of the molecule is COCC(C)NC(N)=NCc1ccnc2ccnn12.I. The van der Waals surface area contributed by atoms with Crippen molar-refractivity contribution in [1.82, 2.24) is 19.9 Å². The number of hydrogen-bond acceptors (Lipinski definition) is 4. The Bertz CT molecular complexity index is 570. The lowest BCUT2D eigenvalue weighted by Gasteiger charge is -2.13. The number of fused-ring (bicyclic) bond motifs is 1. The van der Waals surface area contributed by atoms with Crippen LogP contribution in [0.3, 0.4) is 0 Å². The molecule has 0 aliphatic carbocycles. The Morgan fingerprint density at radius 3 is 3.05 bits per heavy atom. The van der Waals surface area contributed by atoms with Crippen LogP contribution in [-0.2, 0) is 11.3 Å². The molecular formula is C12H19IN6O. The van der Waals surface area contributed by atoms with Gasteiger partial charge in [0.05, 0.1) is 25.0 Å². The Morgan fingerprint density at radius 1 is 1.50 bits per heavy atom.